The summed E-state index contributed by atoms with van der Waals surface area (Å²) in [5.74, 6) is 3.75. The van der Waals surface area contributed by atoms with E-state index < -0.39 is 0 Å². The van der Waals surface area contributed by atoms with Crippen LogP contribution >= 0.6 is 0 Å². The largest absolute Gasteiger partial charge is 0.308 e. The highest BCUT2D eigenvalue weighted by molar-refractivity contribution is 6.10. The van der Waals surface area contributed by atoms with Gasteiger partial charge >= 0.3 is 0 Å². The summed E-state index contributed by atoms with van der Waals surface area (Å²) in [6, 6.07) is 22.4. The van der Waals surface area contributed by atoms with Crippen molar-refractivity contribution < 1.29 is 0 Å². The molecule has 0 amide bonds. The lowest BCUT2D eigenvalue weighted by Crippen LogP contribution is -2.04. The van der Waals surface area contributed by atoms with Gasteiger partial charge < -0.3 is 4.57 Å². The Labute approximate surface area is 213 Å². The van der Waals surface area contributed by atoms with Crippen LogP contribution in [-0.4, -0.2) is 34.5 Å². The number of nitriles is 1. The lowest BCUT2D eigenvalue weighted by Gasteiger charge is -2.15. The maximum atomic E-state index is 9.63. The molecule has 3 aromatic carbocycles. The molecular formula is C29H22N8. The SMILES string of the molecule is Cc1nc(C)nc(-c2ccc(-n3c4ccccc4c4ccc(C#N)cc43)c(-c3nc(C)nc(C)n3)c2)n1. The molecule has 3 heterocycles. The third-order valence-electron chi connectivity index (χ3n) is 6.26. The van der Waals surface area contributed by atoms with Gasteiger partial charge in [0.1, 0.15) is 23.3 Å². The molecule has 6 rings (SSSR count). The van der Waals surface area contributed by atoms with Crippen molar-refractivity contribution in [3.8, 4) is 34.5 Å². The summed E-state index contributed by atoms with van der Waals surface area (Å²) in [5.41, 5.74) is 5.09. The maximum Gasteiger partial charge on any atom is 0.165 e. The van der Waals surface area contributed by atoms with Gasteiger partial charge in [-0.05, 0) is 64.1 Å². The Kier molecular flexibility index (Phi) is 5.20. The van der Waals surface area contributed by atoms with E-state index in [2.05, 4.69) is 42.7 Å². The molecule has 0 radical (unpaired) electrons. The maximum absolute atomic E-state index is 9.63. The molecule has 37 heavy (non-hydrogen) atoms. The highest BCUT2D eigenvalue weighted by Crippen LogP contribution is 2.37. The van der Waals surface area contributed by atoms with Crippen molar-refractivity contribution in [1.82, 2.24) is 34.5 Å². The molecule has 0 fully saturated rings. The summed E-state index contributed by atoms with van der Waals surface area (Å²) in [5, 5.41) is 11.8. The van der Waals surface area contributed by atoms with Gasteiger partial charge in [-0.2, -0.15) is 5.26 Å². The van der Waals surface area contributed by atoms with E-state index in [4.69, 9.17) is 9.97 Å². The zero-order chi connectivity index (χ0) is 25.7. The van der Waals surface area contributed by atoms with Crippen LogP contribution in [0.3, 0.4) is 0 Å². The van der Waals surface area contributed by atoms with Crippen molar-refractivity contribution >= 4 is 21.8 Å². The summed E-state index contributed by atoms with van der Waals surface area (Å²) in [4.78, 5) is 27.2. The minimum Gasteiger partial charge on any atom is -0.308 e. The molecule has 0 aliphatic carbocycles. The molecular weight excluding hydrogens is 460 g/mol. The molecule has 0 aliphatic heterocycles. The summed E-state index contributed by atoms with van der Waals surface area (Å²) >= 11 is 0. The number of nitrogens with zero attached hydrogens (tertiary/aromatic N) is 8. The van der Waals surface area contributed by atoms with Crippen molar-refractivity contribution in [3.63, 3.8) is 0 Å². The Hall–Kier alpha value is -5.03. The van der Waals surface area contributed by atoms with E-state index in [9.17, 15) is 5.26 Å². The Morgan fingerprint density at radius 3 is 1.92 bits per heavy atom. The van der Waals surface area contributed by atoms with Crippen LogP contribution in [0, 0.1) is 39.0 Å². The summed E-state index contributed by atoms with van der Waals surface area (Å²) in [6.45, 7) is 7.44. The zero-order valence-electron chi connectivity index (χ0n) is 20.9. The van der Waals surface area contributed by atoms with Crippen molar-refractivity contribution in [2.24, 2.45) is 0 Å². The normalized spacial score (nSPS) is 11.2. The van der Waals surface area contributed by atoms with Crippen molar-refractivity contribution in [1.29, 1.82) is 5.26 Å². The topological polar surface area (TPSA) is 106 Å². The zero-order valence-corrected chi connectivity index (χ0v) is 20.9. The molecule has 0 N–H and O–H groups in total. The molecule has 0 atom stereocenters. The van der Waals surface area contributed by atoms with E-state index in [0.29, 0.717) is 40.5 Å². The van der Waals surface area contributed by atoms with Crippen LogP contribution in [0.4, 0.5) is 0 Å². The lowest BCUT2D eigenvalue weighted by molar-refractivity contribution is 0.924. The van der Waals surface area contributed by atoms with E-state index in [1.807, 2.05) is 76.2 Å². The summed E-state index contributed by atoms with van der Waals surface area (Å²) < 4.78 is 2.17. The van der Waals surface area contributed by atoms with Gasteiger partial charge in [0, 0.05) is 21.9 Å². The molecule has 8 heteroatoms. The standard InChI is InChI=1S/C29H22N8/c1-16-31-17(2)34-28(33-16)21-10-12-26(24(14-21)29-35-18(3)32-19(4)36-29)37-25-8-6-5-7-22(25)23-11-9-20(15-30)13-27(23)37/h5-14H,1-4H3. The fourth-order valence-corrected chi connectivity index (χ4v) is 4.83. The lowest BCUT2D eigenvalue weighted by atomic mass is 10.1. The minimum atomic E-state index is 0.562. The molecule has 0 aliphatic rings. The second-order valence-electron chi connectivity index (χ2n) is 8.94. The second-order valence-corrected chi connectivity index (χ2v) is 8.94. The van der Waals surface area contributed by atoms with E-state index in [-0.39, 0.29) is 0 Å². The Morgan fingerprint density at radius 1 is 0.622 bits per heavy atom. The number of aryl methyl sites for hydroxylation is 4. The van der Waals surface area contributed by atoms with Crippen molar-refractivity contribution in [3.05, 3.63) is 89.5 Å². The fraction of sp³-hybridized carbons (Fsp3) is 0.138. The third-order valence-corrected chi connectivity index (χ3v) is 6.26. The highest BCUT2D eigenvalue weighted by Gasteiger charge is 2.19. The van der Waals surface area contributed by atoms with Gasteiger partial charge in [-0.3, -0.25) is 0 Å². The van der Waals surface area contributed by atoms with Gasteiger partial charge in [-0.15, -0.1) is 0 Å². The van der Waals surface area contributed by atoms with Gasteiger partial charge in [0.2, 0.25) is 0 Å². The molecule has 178 valence electrons. The molecule has 0 bridgehead atoms. The first-order valence-corrected chi connectivity index (χ1v) is 11.9. The molecule has 0 saturated heterocycles. The van der Waals surface area contributed by atoms with E-state index in [1.165, 1.54) is 0 Å². The van der Waals surface area contributed by atoms with Crippen molar-refractivity contribution in [2.75, 3.05) is 0 Å². The van der Waals surface area contributed by atoms with Crippen molar-refractivity contribution in [2.45, 2.75) is 27.7 Å². The Balaban J connectivity index is 1.72. The first kappa shape index (κ1) is 22.4. The smallest absolute Gasteiger partial charge is 0.165 e. The summed E-state index contributed by atoms with van der Waals surface area (Å²) in [7, 11) is 0. The monoisotopic (exact) mass is 482 g/mol. The molecule has 0 spiro atoms. The van der Waals surface area contributed by atoms with Gasteiger partial charge in [-0.1, -0.05) is 24.3 Å². The number of para-hydroxylation sites is 1. The molecule has 0 saturated carbocycles. The van der Waals surface area contributed by atoms with Crippen LogP contribution in [0.5, 0.6) is 0 Å². The second kappa shape index (κ2) is 8.57. The first-order chi connectivity index (χ1) is 17.9. The van der Waals surface area contributed by atoms with Crippen LogP contribution < -0.4 is 0 Å². The van der Waals surface area contributed by atoms with E-state index >= 15 is 0 Å². The number of aromatic nitrogens is 7. The number of fused-ring (bicyclic) bond motifs is 3. The first-order valence-electron chi connectivity index (χ1n) is 11.9. The van der Waals surface area contributed by atoms with Gasteiger partial charge in [0.25, 0.3) is 0 Å². The predicted octanol–water partition coefficient (Wildman–Crippen LogP) is 5.59. The minimum absolute atomic E-state index is 0.562. The summed E-state index contributed by atoms with van der Waals surface area (Å²) in [6.07, 6.45) is 0. The van der Waals surface area contributed by atoms with E-state index in [1.54, 1.807) is 0 Å². The average Bonchev–Trinajstić information content (AvgIpc) is 3.20. The van der Waals surface area contributed by atoms with Gasteiger partial charge in [0.05, 0.1) is 28.4 Å². The van der Waals surface area contributed by atoms with E-state index in [0.717, 1.165) is 38.6 Å². The highest BCUT2D eigenvalue weighted by atomic mass is 15.0. The molecule has 3 aromatic heterocycles. The van der Waals surface area contributed by atoms with Crippen LogP contribution in [0.1, 0.15) is 28.9 Å². The number of hydrogen-bond acceptors (Lipinski definition) is 7. The third kappa shape index (κ3) is 3.87. The van der Waals surface area contributed by atoms with Crippen LogP contribution in [0.2, 0.25) is 0 Å². The molecule has 0 unspecified atom stereocenters. The number of hydrogen-bond donors (Lipinski definition) is 0. The Bertz CT molecular complexity index is 1850. The quantitative estimate of drug-likeness (QED) is 0.323. The van der Waals surface area contributed by atoms with Crippen LogP contribution in [-0.2, 0) is 0 Å². The Morgan fingerprint density at radius 2 is 1.24 bits per heavy atom. The molecule has 6 aromatic rings. The molecule has 8 nitrogen and oxygen atoms in total. The average molecular weight is 483 g/mol. The van der Waals surface area contributed by atoms with Crippen LogP contribution in [0.25, 0.3) is 50.3 Å². The van der Waals surface area contributed by atoms with Gasteiger partial charge in [0.15, 0.2) is 11.6 Å². The van der Waals surface area contributed by atoms with Crippen LogP contribution in [0.15, 0.2) is 60.7 Å². The predicted molar refractivity (Wildman–Crippen MR) is 142 cm³/mol. The number of rotatable bonds is 3. The van der Waals surface area contributed by atoms with Gasteiger partial charge in [-0.25, -0.2) is 29.9 Å². The fourth-order valence-electron chi connectivity index (χ4n) is 4.83. The number of benzene rings is 3.